The lowest BCUT2D eigenvalue weighted by Gasteiger charge is -2.09. The summed E-state index contributed by atoms with van der Waals surface area (Å²) in [6, 6.07) is 13.5. The summed E-state index contributed by atoms with van der Waals surface area (Å²) in [6.45, 7) is -2.86. The van der Waals surface area contributed by atoms with E-state index >= 15 is 0 Å². The zero-order valence-corrected chi connectivity index (χ0v) is 14.2. The summed E-state index contributed by atoms with van der Waals surface area (Å²) in [4.78, 5) is 16.5. The number of allylic oxidation sites excluding steroid dienone is 1. The number of fused-ring (bicyclic) bond motifs is 2. The molecule has 136 valence electrons. The van der Waals surface area contributed by atoms with E-state index in [0.717, 1.165) is 16.7 Å². The molecular formula is C21H15F2NO3. The Morgan fingerprint density at radius 3 is 2.56 bits per heavy atom. The van der Waals surface area contributed by atoms with Crippen LogP contribution >= 0.6 is 0 Å². The average Bonchev–Trinajstić information content (AvgIpc) is 3.03. The number of carboxylic acid groups (broad SMARTS) is 1. The van der Waals surface area contributed by atoms with Gasteiger partial charge in [-0.2, -0.15) is 8.78 Å². The Kier molecular flexibility index (Phi) is 4.32. The minimum absolute atomic E-state index is 0.0938. The van der Waals surface area contributed by atoms with E-state index in [1.807, 2.05) is 12.1 Å². The molecule has 1 aliphatic rings. The number of ether oxygens (including phenoxy) is 1. The lowest BCUT2D eigenvalue weighted by Crippen LogP contribution is -2.05. The van der Waals surface area contributed by atoms with Crippen LogP contribution in [0.15, 0.2) is 48.5 Å². The second kappa shape index (κ2) is 6.79. The van der Waals surface area contributed by atoms with Crippen LogP contribution in [0.4, 0.5) is 8.78 Å². The SMILES string of the molecule is O=C(O)c1c2c(nc3ccccc13)C(=Cc1ccc(OC(F)F)cc1)CC2. The van der Waals surface area contributed by atoms with E-state index in [-0.39, 0.29) is 5.75 Å². The monoisotopic (exact) mass is 367 g/mol. The topological polar surface area (TPSA) is 59.4 Å². The molecule has 1 aliphatic carbocycles. The van der Waals surface area contributed by atoms with E-state index in [9.17, 15) is 18.7 Å². The molecule has 27 heavy (non-hydrogen) atoms. The summed E-state index contributed by atoms with van der Waals surface area (Å²) < 4.78 is 28.9. The third-order valence-electron chi connectivity index (χ3n) is 4.60. The van der Waals surface area contributed by atoms with Crippen molar-refractivity contribution in [3.05, 3.63) is 70.9 Å². The number of para-hydroxylation sites is 1. The first-order valence-corrected chi connectivity index (χ1v) is 8.43. The predicted octanol–water partition coefficient (Wildman–Crippen LogP) is 5.02. The Morgan fingerprint density at radius 1 is 1.11 bits per heavy atom. The fourth-order valence-corrected chi connectivity index (χ4v) is 3.47. The summed E-state index contributed by atoms with van der Waals surface area (Å²) in [6.07, 6.45) is 3.19. The van der Waals surface area contributed by atoms with Crippen molar-refractivity contribution in [1.29, 1.82) is 0 Å². The number of carbonyl (C=O) groups is 1. The molecule has 0 spiro atoms. The molecule has 0 bridgehead atoms. The van der Waals surface area contributed by atoms with Crippen molar-refractivity contribution in [3.8, 4) is 5.75 Å². The molecule has 4 nitrogen and oxygen atoms in total. The highest BCUT2D eigenvalue weighted by atomic mass is 19.3. The Hall–Kier alpha value is -3.28. The van der Waals surface area contributed by atoms with Crippen LogP contribution in [0.1, 0.15) is 33.6 Å². The van der Waals surface area contributed by atoms with Gasteiger partial charge in [0.25, 0.3) is 0 Å². The van der Waals surface area contributed by atoms with Crippen molar-refractivity contribution in [1.82, 2.24) is 4.98 Å². The van der Waals surface area contributed by atoms with Gasteiger partial charge >= 0.3 is 12.6 Å². The van der Waals surface area contributed by atoms with Crippen LogP contribution in [0, 0.1) is 0 Å². The quantitative estimate of drug-likeness (QED) is 0.703. The van der Waals surface area contributed by atoms with Gasteiger partial charge in [-0.05, 0) is 53.8 Å². The standard InChI is InChI=1S/C21H15F2NO3/c22-21(23)27-14-8-5-12(6-9-14)11-13-7-10-16-18(20(25)26)15-3-1-2-4-17(15)24-19(13)16/h1-6,8-9,11,21H,7,10H2,(H,25,26). The van der Waals surface area contributed by atoms with Crippen LogP contribution in [0.5, 0.6) is 5.75 Å². The highest BCUT2D eigenvalue weighted by Crippen LogP contribution is 2.37. The molecular weight excluding hydrogens is 352 g/mol. The van der Waals surface area contributed by atoms with Crippen LogP contribution in [-0.4, -0.2) is 22.7 Å². The number of alkyl halides is 2. The molecule has 0 amide bonds. The van der Waals surface area contributed by atoms with Gasteiger partial charge in [-0.15, -0.1) is 0 Å². The molecule has 1 N–H and O–H groups in total. The maximum absolute atomic E-state index is 12.3. The second-order valence-corrected chi connectivity index (χ2v) is 6.25. The van der Waals surface area contributed by atoms with Gasteiger partial charge in [0.05, 0.1) is 16.8 Å². The van der Waals surface area contributed by atoms with Crippen molar-refractivity contribution in [2.75, 3.05) is 0 Å². The maximum atomic E-state index is 12.3. The normalized spacial score (nSPS) is 14.7. The van der Waals surface area contributed by atoms with Crippen LogP contribution in [0.25, 0.3) is 22.6 Å². The molecule has 4 rings (SSSR count). The van der Waals surface area contributed by atoms with Crippen LogP contribution in [0.2, 0.25) is 0 Å². The van der Waals surface area contributed by atoms with Gasteiger partial charge in [-0.3, -0.25) is 0 Å². The van der Waals surface area contributed by atoms with E-state index in [2.05, 4.69) is 9.72 Å². The van der Waals surface area contributed by atoms with Crippen molar-refractivity contribution in [2.45, 2.75) is 19.5 Å². The number of rotatable bonds is 4. The lowest BCUT2D eigenvalue weighted by atomic mass is 10.0. The number of carboxylic acids is 1. The third kappa shape index (κ3) is 3.26. The second-order valence-electron chi connectivity index (χ2n) is 6.25. The number of hydrogen-bond acceptors (Lipinski definition) is 3. The number of hydrogen-bond donors (Lipinski definition) is 1. The number of benzene rings is 2. The van der Waals surface area contributed by atoms with Gasteiger partial charge in [-0.25, -0.2) is 9.78 Å². The van der Waals surface area contributed by atoms with Gasteiger partial charge in [0.15, 0.2) is 0 Å². The molecule has 0 atom stereocenters. The van der Waals surface area contributed by atoms with Crippen LogP contribution < -0.4 is 4.74 Å². The van der Waals surface area contributed by atoms with E-state index in [0.29, 0.717) is 35.0 Å². The first kappa shape index (κ1) is 17.1. The van der Waals surface area contributed by atoms with Crippen LogP contribution in [0.3, 0.4) is 0 Å². The zero-order chi connectivity index (χ0) is 19.0. The Bertz CT molecular complexity index is 1060. The summed E-state index contributed by atoms with van der Waals surface area (Å²) >= 11 is 0. The van der Waals surface area contributed by atoms with Gasteiger partial charge in [0, 0.05) is 5.39 Å². The molecule has 0 radical (unpaired) electrons. The maximum Gasteiger partial charge on any atom is 0.387 e. The molecule has 1 heterocycles. The predicted molar refractivity (Wildman–Crippen MR) is 98.0 cm³/mol. The summed E-state index contributed by atoms with van der Waals surface area (Å²) in [7, 11) is 0. The molecule has 0 unspecified atom stereocenters. The summed E-state index contributed by atoms with van der Waals surface area (Å²) in [5.74, 6) is -0.865. The highest BCUT2D eigenvalue weighted by molar-refractivity contribution is 6.06. The minimum atomic E-state index is -2.86. The largest absolute Gasteiger partial charge is 0.478 e. The molecule has 1 aromatic heterocycles. The minimum Gasteiger partial charge on any atom is -0.478 e. The molecule has 6 heteroatoms. The first-order chi connectivity index (χ1) is 13.0. The van der Waals surface area contributed by atoms with Crippen molar-refractivity contribution in [3.63, 3.8) is 0 Å². The van der Waals surface area contributed by atoms with E-state index < -0.39 is 12.6 Å². The third-order valence-corrected chi connectivity index (χ3v) is 4.60. The van der Waals surface area contributed by atoms with E-state index in [1.165, 1.54) is 12.1 Å². The average molecular weight is 367 g/mol. The van der Waals surface area contributed by atoms with E-state index in [1.54, 1.807) is 30.3 Å². The Labute approximate surface area is 153 Å². The van der Waals surface area contributed by atoms with Gasteiger partial charge < -0.3 is 9.84 Å². The molecule has 3 aromatic rings. The number of aromatic nitrogens is 1. The Morgan fingerprint density at radius 2 is 1.85 bits per heavy atom. The number of pyridine rings is 1. The fraction of sp³-hybridized carbons (Fsp3) is 0.143. The smallest absolute Gasteiger partial charge is 0.387 e. The molecule has 0 fully saturated rings. The summed E-state index contributed by atoms with van der Waals surface area (Å²) in [5.41, 5.74) is 4.12. The van der Waals surface area contributed by atoms with Crippen molar-refractivity contribution in [2.24, 2.45) is 0 Å². The number of nitrogens with zero attached hydrogens (tertiary/aromatic N) is 1. The molecule has 2 aromatic carbocycles. The van der Waals surface area contributed by atoms with Crippen molar-refractivity contribution >= 4 is 28.5 Å². The van der Waals surface area contributed by atoms with Gasteiger partial charge in [0.2, 0.25) is 0 Å². The molecule has 0 saturated carbocycles. The first-order valence-electron chi connectivity index (χ1n) is 8.43. The molecule has 0 aliphatic heterocycles. The van der Waals surface area contributed by atoms with Gasteiger partial charge in [-0.1, -0.05) is 30.3 Å². The highest BCUT2D eigenvalue weighted by Gasteiger charge is 2.26. The summed E-state index contributed by atoms with van der Waals surface area (Å²) in [5, 5.41) is 10.3. The Balaban J connectivity index is 1.77. The van der Waals surface area contributed by atoms with Gasteiger partial charge in [0.1, 0.15) is 5.75 Å². The molecule has 0 saturated heterocycles. The van der Waals surface area contributed by atoms with Crippen LogP contribution in [-0.2, 0) is 6.42 Å². The lowest BCUT2D eigenvalue weighted by molar-refractivity contribution is -0.0498. The zero-order valence-electron chi connectivity index (χ0n) is 14.2. The van der Waals surface area contributed by atoms with E-state index in [4.69, 9.17) is 0 Å². The number of halogens is 2. The fourth-order valence-electron chi connectivity index (χ4n) is 3.47. The van der Waals surface area contributed by atoms with Crippen molar-refractivity contribution < 1.29 is 23.4 Å². The number of aromatic carboxylic acids is 1.